The molecule has 0 aliphatic heterocycles. The van der Waals surface area contributed by atoms with Crippen molar-refractivity contribution in [2.45, 2.75) is 0 Å². The second kappa shape index (κ2) is 6.76. The number of nitrogens with two attached hydrogens (primary N) is 3. The molecule has 21 heavy (non-hydrogen) atoms. The van der Waals surface area contributed by atoms with Crippen molar-refractivity contribution in [2.75, 3.05) is 0 Å². The van der Waals surface area contributed by atoms with E-state index in [1.165, 1.54) is 0 Å². The number of guanidine groups is 2. The molecule has 0 saturated heterocycles. The highest BCUT2D eigenvalue weighted by atomic mass is 79.9. The van der Waals surface area contributed by atoms with E-state index in [2.05, 4.69) is 25.9 Å². The van der Waals surface area contributed by atoms with Gasteiger partial charge in [0.05, 0.1) is 5.69 Å². The van der Waals surface area contributed by atoms with Gasteiger partial charge in [-0.15, -0.1) is 0 Å². The molecule has 0 atom stereocenters. The van der Waals surface area contributed by atoms with Crippen LogP contribution in [-0.4, -0.2) is 11.9 Å². The van der Waals surface area contributed by atoms with Crippen molar-refractivity contribution in [1.82, 2.24) is 0 Å². The first-order valence-electron chi connectivity index (χ1n) is 6.00. The van der Waals surface area contributed by atoms with Crippen LogP contribution in [0.2, 0.25) is 0 Å². The van der Waals surface area contributed by atoms with Gasteiger partial charge in [-0.1, -0.05) is 15.9 Å². The van der Waals surface area contributed by atoms with E-state index in [4.69, 9.17) is 21.9 Å². The molecule has 0 aliphatic rings. The van der Waals surface area contributed by atoms with Crippen molar-refractivity contribution in [3.05, 3.63) is 53.0 Å². The zero-order valence-electron chi connectivity index (χ0n) is 11.0. The Balaban J connectivity index is 2.08. The van der Waals surface area contributed by atoms with Gasteiger partial charge in [-0.25, -0.2) is 4.99 Å². The summed E-state index contributed by atoms with van der Waals surface area (Å²) in [5.41, 5.74) is 16.6. The maximum absolute atomic E-state index is 5.69. The smallest absolute Gasteiger partial charge is 0.223 e. The van der Waals surface area contributed by atoms with Gasteiger partial charge in [-0.05, 0) is 48.5 Å². The first-order valence-corrected chi connectivity index (χ1v) is 6.79. The predicted molar refractivity (Wildman–Crippen MR) is 87.8 cm³/mol. The molecular formula is C14H14BrN5O. The van der Waals surface area contributed by atoms with Crippen LogP contribution in [0.15, 0.2) is 63.0 Å². The second-order valence-corrected chi connectivity index (χ2v) is 4.97. The summed E-state index contributed by atoms with van der Waals surface area (Å²) >= 11 is 3.37. The number of rotatable bonds is 3. The van der Waals surface area contributed by atoms with Crippen LogP contribution >= 0.6 is 15.9 Å². The second-order valence-electron chi connectivity index (χ2n) is 4.06. The first kappa shape index (κ1) is 14.9. The van der Waals surface area contributed by atoms with Gasteiger partial charge in [0.2, 0.25) is 5.96 Å². The zero-order valence-corrected chi connectivity index (χ0v) is 12.6. The highest BCUT2D eigenvalue weighted by Gasteiger charge is 1.98. The molecule has 0 fully saturated rings. The first-order chi connectivity index (χ1) is 10.0. The van der Waals surface area contributed by atoms with Gasteiger partial charge < -0.3 is 21.9 Å². The number of hydrogen-bond donors (Lipinski definition) is 3. The topological polar surface area (TPSA) is 112 Å². The lowest BCUT2D eigenvalue weighted by Crippen LogP contribution is -2.26. The molecule has 0 radical (unpaired) electrons. The van der Waals surface area contributed by atoms with Crippen LogP contribution in [0.25, 0.3) is 0 Å². The SMILES string of the molecule is NC(N)=NC(N)=Nc1ccc(Oc2ccc(Br)cc2)cc1. The minimum atomic E-state index is -0.133. The average Bonchev–Trinajstić information content (AvgIpc) is 2.42. The molecule has 2 rings (SSSR count). The summed E-state index contributed by atoms with van der Waals surface area (Å²) in [7, 11) is 0. The van der Waals surface area contributed by atoms with E-state index >= 15 is 0 Å². The Kier molecular flexibility index (Phi) is 4.78. The Morgan fingerprint density at radius 1 is 0.857 bits per heavy atom. The Hall–Kier alpha value is -2.54. The molecule has 0 bridgehead atoms. The van der Waals surface area contributed by atoms with Crippen molar-refractivity contribution in [2.24, 2.45) is 27.2 Å². The summed E-state index contributed by atoms with van der Waals surface area (Å²) in [6, 6.07) is 14.6. The van der Waals surface area contributed by atoms with Gasteiger partial charge in [-0.2, -0.15) is 4.99 Å². The minimum Gasteiger partial charge on any atom is -0.457 e. The van der Waals surface area contributed by atoms with Crippen LogP contribution in [-0.2, 0) is 0 Å². The summed E-state index contributed by atoms with van der Waals surface area (Å²) in [5, 5.41) is 0. The molecule has 0 heterocycles. The van der Waals surface area contributed by atoms with Crippen LogP contribution in [0.4, 0.5) is 5.69 Å². The average molecular weight is 348 g/mol. The van der Waals surface area contributed by atoms with Gasteiger partial charge >= 0.3 is 0 Å². The molecular weight excluding hydrogens is 334 g/mol. The predicted octanol–water partition coefficient (Wildman–Crippen LogP) is 2.46. The number of halogens is 1. The molecule has 0 aliphatic carbocycles. The van der Waals surface area contributed by atoms with Crippen molar-refractivity contribution in [3.63, 3.8) is 0 Å². The van der Waals surface area contributed by atoms with E-state index in [9.17, 15) is 0 Å². The van der Waals surface area contributed by atoms with Crippen LogP contribution in [0, 0.1) is 0 Å². The fraction of sp³-hybridized carbons (Fsp3) is 0. The molecule has 6 N–H and O–H groups in total. The lowest BCUT2D eigenvalue weighted by atomic mass is 10.3. The summed E-state index contributed by atoms with van der Waals surface area (Å²) in [6.07, 6.45) is 0. The lowest BCUT2D eigenvalue weighted by molar-refractivity contribution is 0.482. The molecule has 0 amide bonds. The normalized spacial score (nSPS) is 11.0. The fourth-order valence-corrected chi connectivity index (χ4v) is 1.78. The number of benzene rings is 2. The van der Waals surface area contributed by atoms with Gasteiger partial charge in [0, 0.05) is 4.47 Å². The lowest BCUT2D eigenvalue weighted by Gasteiger charge is -2.05. The van der Waals surface area contributed by atoms with Gasteiger partial charge in [-0.3, -0.25) is 0 Å². The molecule has 6 nitrogen and oxygen atoms in total. The Labute approximate surface area is 130 Å². The van der Waals surface area contributed by atoms with Crippen LogP contribution < -0.4 is 21.9 Å². The van der Waals surface area contributed by atoms with Gasteiger partial charge in [0.1, 0.15) is 11.5 Å². The van der Waals surface area contributed by atoms with Crippen molar-refractivity contribution in [3.8, 4) is 11.5 Å². The van der Waals surface area contributed by atoms with E-state index in [0.717, 1.165) is 10.2 Å². The van der Waals surface area contributed by atoms with Gasteiger partial charge in [0.15, 0.2) is 5.96 Å². The highest BCUT2D eigenvalue weighted by Crippen LogP contribution is 2.25. The Bertz CT molecular complexity index is 661. The largest absolute Gasteiger partial charge is 0.457 e. The number of nitrogens with zero attached hydrogens (tertiary/aromatic N) is 2. The third kappa shape index (κ3) is 4.81. The maximum Gasteiger partial charge on any atom is 0.223 e. The van der Waals surface area contributed by atoms with E-state index in [1.54, 1.807) is 24.3 Å². The van der Waals surface area contributed by atoms with E-state index < -0.39 is 0 Å². The number of aliphatic imine (C=N–C) groups is 2. The van der Waals surface area contributed by atoms with Crippen LogP contribution in [0.5, 0.6) is 11.5 Å². The van der Waals surface area contributed by atoms with Crippen LogP contribution in [0.3, 0.4) is 0 Å². The summed E-state index contributed by atoms with van der Waals surface area (Å²) < 4.78 is 6.68. The molecule has 108 valence electrons. The van der Waals surface area contributed by atoms with E-state index in [1.807, 2.05) is 24.3 Å². The molecule has 2 aromatic rings. The van der Waals surface area contributed by atoms with Crippen molar-refractivity contribution in [1.29, 1.82) is 0 Å². The molecule has 0 spiro atoms. The van der Waals surface area contributed by atoms with E-state index in [0.29, 0.717) is 11.4 Å². The molecule has 2 aromatic carbocycles. The summed E-state index contributed by atoms with van der Waals surface area (Å²) in [6.45, 7) is 0. The minimum absolute atomic E-state index is 0.00317. The summed E-state index contributed by atoms with van der Waals surface area (Å²) in [5.74, 6) is 1.30. The molecule has 0 unspecified atom stereocenters. The number of ether oxygens (including phenoxy) is 1. The molecule has 0 aromatic heterocycles. The third-order valence-electron chi connectivity index (χ3n) is 2.37. The quantitative estimate of drug-likeness (QED) is 0.584. The standard InChI is InChI=1S/C14H14BrN5O/c15-9-1-5-11(6-2-9)21-12-7-3-10(4-8-12)19-14(18)20-13(16)17/h1-8H,(H6,16,17,18,19,20). The zero-order chi connectivity index (χ0) is 15.2. The Morgan fingerprint density at radius 2 is 1.38 bits per heavy atom. The van der Waals surface area contributed by atoms with Crippen molar-refractivity contribution >= 4 is 33.5 Å². The van der Waals surface area contributed by atoms with Crippen LogP contribution in [0.1, 0.15) is 0 Å². The Morgan fingerprint density at radius 3 is 1.90 bits per heavy atom. The fourth-order valence-electron chi connectivity index (χ4n) is 1.52. The number of hydrogen-bond acceptors (Lipinski definition) is 2. The summed E-state index contributed by atoms with van der Waals surface area (Å²) in [4.78, 5) is 7.68. The highest BCUT2D eigenvalue weighted by molar-refractivity contribution is 9.10. The van der Waals surface area contributed by atoms with Crippen molar-refractivity contribution < 1.29 is 4.74 Å². The molecule has 7 heteroatoms. The maximum atomic E-state index is 5.69. The van der Waals surface area contributed by atoms with Gasteiger partial charge in [0.25, 0.3) is 0 Å². The monoisotopic (exact) mass is 347 g/mol. The molecule has 0 saturated carbocycles. The third-order valence-corrected chi connectivity index (χ3v) is 2.90. The van der Waals surface area contributed by atoms with E-state index in [-0.39, 0.29) is 11.9 Å².